The normalized spacial score (nSPS) is 21.8. The maximum atomic E-state index is 10.6. The number of halogens is 1. The Morgan fingerprint density at radius 1 is 0.698 bits per heavy atom. The van der Waals surface area contributed by atoms with Crippen LogP contribution in [0.15, 0.2) is 72.8 Å². The molecule has 0 amide bonds. The van der Waals surface area contributed by atoms with Gasteiger partial charge in [-0.15, -0.1) is 11.6 Å². The van der Waals surface area contributed by atoms with E-state index in [2.05, 4.69) is 0 Å². The lowest BCUT2D eigenvalue weighted by Gasteiger charge is -2.17. The van der Waals surface area contributed by atoms with Crippen molar-refractivity contribution in [2.24, 2.45) is 0 Å². The third-order valence-electron chi connectivity index (χ3n) is 7.17. The number of anilines is 1. The van der Waals surface area contributed by atoms with E-state index in [1.165, 1.54) is 30.3 Å². The number of nitrogens with zero attached hydrogens (tertiary/aromatic N) is 2. The number of nitro benzene ring substituents is 2. The summed E-state index contributed by atoms with van der Waals surface area (Å²) in [6.45, 7) is 13.7. The van der Waals surface area contributed by atoms with Crippen LogP contribution >= 0.6 is 11.6 Å². The van der Waals surface area contributed by atoms with Crippen molar-refractivity contribution in [3.05, 3.63) is 93.0 Å². The highest BCUT2D eigenvalue weighted by Gasteiger charge is 2.34. The van der Waals surface area contributed by atoms with Gasteiger partial charge in [0, 0.05) is 23.9 Å². The Balaban J connectivity index is 0.000000198. The number of hydrogen-bond donors (Lipinski definition) is 2. The molecule has 0 radical (unpaired) electrons. The minimum atomic E-state index is -0.587. The first-order valence-electron chi connectivity index (χ1n) is 16.7. The molecule has 3 aliphatic rings. The van der Waals surface area contributed by atoms with E-state index in [4.69, 9.17) is 60.3 Å². The molecule has 6 rings (SSSR count). The summed E-state index contributed by atoms with van der Waals surface area (Å²) in [6, 6.07) is 18.6. The van der Waals surface area contributed by atoms with Gasteiger partial charge in [-0.1, -0.05) is 18.2 Å². The van der Waals surface area contributed by atoms with Crippen molar-refractivity contribution in [1.29, 1.82) is 0 Å². The molecule has 3 aromatic carbocycles. The zero-order valence-electron chi connectivity index (χ0n) is 30.6. The number of ether oxygens (including phenoxy) is 8. The fourth-order valence-electron chi connectivity index (χ4n) is 4.81. The minimum absolute atomic E-state index is 0.0106. The molecule has 3 unspecified atom stereocenters. The molecule has 0 bridgehead atoms. The van der Waals surface area contributed by atoms with E-state index in [-0.39, 0.29) is 35.4 Å². The van der Waals surface area contributed by atoms with Crippen LogP contribution in [0.25, 0.3) is 0 Å². The van der Waals surface area contributed by atoms with Crippen LogP contribution < -0.4 is 15.2 Å². The molecule has 292 valence electrons. The number of hydrogen-bond acceptors (Lipinski definition) is 14. The number of non-ortho nitro benzene ring substituents is 2. The fraction of sp³-hybridized carbons (Fsp3) is 0.500. The highest BCUT2D eigenvalue weighted by molar-refractivity contribution is 6.18. The number of alkyl halides is 1. The largest absolute Gasteiger partial charge is 0.508 e. The van der Waals surface area contributed by atoms with Crippen LogP contribution in [0.5, 0.6) is 17.2 Å². The molecule has 3 saturated heterocycles. The van der Waals surface area contributed by atoms with E-state index in [0.717, 1.165) is 11.8 Å². The zero-order valence-corrected chi connectivity index (χ0v) is 31.4. The van der Waals surface area contributed by atoms with Gasteiger partial charge >= 0.3 is 0 Å². The van der Waals surface area contributed by atoms with Gasteiger partial charge in [-0.2, -0.15) is 0 Å². The van der Waals surface area contributed by atoms with Crippen molar-refractivity contribution >= 4 is 28.7 Å². The Bertz CT molecular complexity index is 1620. The summed E-state index contributed by atoms with van der Waals surface area (Å²) in [6.07, 6.45) is -0.0858. The molecule has 17 heteroatoms. The molecule has 3 N–H and O–H groups in total. The number of benzene rings is 3. The van der Waals surface area contributed by atoms with Gasteiger partial charge in [0.05, 0.1) is 53.8 Å². The van der Waals surface area contributed by atoms with E-state index < -0.39 is 27.2 Å². The second-order valence-electron chi connectivity index (χ2n) is 13.2. The number of rotatable bonds is 9. The summed E-state index contributed by atoms with van der Waals surface area (Å²) in [7, 11) is 0. The van der Waals surface area contributed by atoms with Crippen molar-refractivity contribution in [3.8, 4) is 17.2 Å². The average Bonchev–Trinajstić information content (AvgIpc) is 3.77. The summed E-state index contributed by atoms with van der Waals surface area (Å²) >= 11 is 5.53. The first kappa shape index (κ1) is 43.1. The van der Waals surface area contributed by atoms with Crippen molar-refractivity contribution < 1.29 is 52.8 Å². The van der Waals surface area contributed by atoms with E-state index >= 15 is 0 Å². The van der Waals surface area contributed by atoms with Gasteiger partial charge < -0.3 is 48.7 Å². The van der Waals surface area contributed by atoms with Crippen LogP contribution in [0.4, 0.5) is 17.1 Å². The molecular weight excluding hydrogens is 718 g/mol. The van der Waals surface area contributed by atoms with Crippen LogP contribution in [-0.4, -0.2) is 89.5 Å². The van der Waals surface area contributed by atoms with Crippen LogP contribution in [0, 0.1) is 20.2 Å². The summed E-state index contributed by atoms with van der Waals surface area (Å²) in [5.74, 6) is 0.142. The molecule has 0 aliphatic carbocycles. The monoisotopic (exact) mass is 765 g/mol. The molecule has 0 aromatic heterocycles. The molecular formula is C36H48ClN3O13. The van der Waals surface area contributed by atoms with Crippen LogP contribution in [0.1, 0.15) is 41.5 Å². The van der Waals surface area contributed by atoms with E-state index in [1.807, 2.05) is 59.7 Å². The van der Waals surface area contributed by atoms with Crippen molar-refractivity contribution in [2.45, 2.75) is 77.2 Å². The summed E-state index contributed by atoms with van der Waals surface area (Å²) in [5, 5.41) is 29.4. The molecule has 3 atom stereocenters. The van der Waals surface area contributed by atoms with Crippen molar-refractivity contribution in [1.82, 2.24) is 0 Å². The Hall–Kier alpha value is -4.29. The third-order valence-corrected chi connectivity index (χ3v) is 7.52. The quantitative estimate of drug-likeness (QED) is 0.102. The highest BCUT2D eigenvalue weighted by Crippen LogP contribution is 2.26. The van der Waals surface area contributed by atoms with Gasteiger partial charge in [0.1, 0.15) is 42.7 Å². The molecule has 16 nitrogen and oxygen atoms in total. The maximum absolute atomic E-state index is 10.6. The first-order chi connectivity index (χ1) is 24.8. The molecule has 3 aliphatic heterocycles. The number of nitro groups is 2. The predicted octanol–water partition coefficient (Wildman–Crippen LogP) is 6.60. The minimum Gasteiger partial charge on any atom is -0.508 e. The standard InChI is InChI=1S/C12H15NO5.C12H17NO3.C6H11ClO2.C6H5NO3/c1-12(2)17-8-11(18-12)7-16-10-5-3-4-9(6-10)13(14)15;1-12(2)15-8-11(16-12)7-14-10-5-3-4-9(13)6-10;1-6(2)8-4-5(3-7)9-6;8-6-3-1-2-5(4-6)7(9)10/h3-6,11H,7-8H2,1-2H3;3-6,11H,7-8,13H2,1-2H3;5H,3-4H2,1-2H3;1-4,8H. The number of aromatic hydroxyl groups is 1. The van der Waals surface area contributed by atoms with Gasteiger partial charge in [-0.05, 0) is 65.8 Å². The lowest BCUT2D eigenvalue weighted by molar-refractivity contribution is -0.385. The van der Waals surface area contributed by atoms with Gasteiger partial charge in [-0.3, -0.25) is 20.2 Å². The molecule has 3 aromatic rings. The van der Waals surface area contributed by atoms with Gasteiger partial charge in [0.2, 0.25) is 0 Å². The SMILES string of the molecule is CC1(C)OCC(CCl)O1.CC1(C)OCC(COc2cccc(N)c2)O1.CC1(C)OCC(COc2cccc([N+](=O)[O-])c2)O1.O=[N+]([O-])c1cccc(O)c1. The van der Waals surface area contributed by atoms with Crippen molar-refractivity contribution in [2.75, 3.05) is 44.6 Å². The highest BCUT2D eigenvalue weighted by atomic mass is 35.5. The zero-order chi connectivity index (χ0) is 39.2. The summed E-state index contributed by atoms with van der Waals surface area (Å²) < 4.78 is 43.6. The van der Waals surface area contributed by atoms with Crippen LogP contribution in [-0.2, 0) is 28.4 Å². The average molecular weight is 766 g/mol. The van der Waals surface area contributed by atoms with Crippen molar-refractivity contribution in [3.63, 3.8) is 0 Å². The van der Waals surface area contributed by atoms with E-state index in [1.54, 1.807) is 18.2 Å². The first-order valence-corrected chi connectivity index (χ1v) is 17.2. The molecule has 3 fully saturated rings. The lowest BCUT2D eigenvalue weighted by Crippen LogP contribution is -2.25. The summed E-state index contributed by atoms with van der Waals surface area (Å²) in [4.78, 5) is 19.6. The van der Waals surface area contributed by atoms with Gasteiger partial charge in [0.25, 0.3) is 11.4 Å². The molecule has 53 heavy (non-hydrogen) atoms. The number of phenolic OH excluding ortho intramolecular Hbond substituents is 1. The molecule has 3 heterocycles. The number of nitrogen functional groups attached to an aromatic ring is 1. The molecule has 0 spiro atoms. The Kier molecular flexibility index (Phi) is 16.0. The predicted molar refractivity (Wildman–Crippen MR) is 195 cm³/mol. The maximum Gasteiger partial charge on any atom is 0.273 e. The number of phenols is 1. The second kappa shape index (κ2) is 19.7. The Morgan fingerprint density at radius 2 is 1.11 bits per heavy atom. The van der Waals surface area contributed by atoms with Crippen LogP contribution in [0.2, 0.25) is 0 Å². The number of nitrogens with two attached hydrogens (primary N) is 1. The topological polar surface area (TPSA) is 206 Å². The van der Waals surface area contributed by atoms with E-state index in [0.29, 0.717) is 50.4 Å². The third kappa shape index (κ3) is 16.1. The summed E-state index contributed by atoms with van der Waals surface area (Å²) in [5.41, 5.74) is 6.26. The Morgan fingerprint density at radius 3 is 1.47 bits per heavy atom. The smallest absolute Gasteiger partial charge is 0.273 e. The van der Waals surface area contributed by atoms with Gasteiger partial charge in [-0.25, -0.2) is 0 Å². The van der Waals surface area contributed by atoms with Gasteiger partial charge in [0.15, 0.2) is 17.4 Å². The van der Waals surface area contributed by atoms with E-state index in [9.17, 15) is 20.2 Å². The second-order valence-corrected chi connectivity index (χ2v) is 13.5. The molecule has 0 saturated carbocycles. The van der Waals surface area contributed by atoms with Crippen LogP contribution in [0.3, 0.4) is 0 Å². The lowest BCUT2D eigenvalue weighted by atomic mass is 10.3. The fourth-order valence-corrected chi connectivity index (χ4v) is 4.96. The Labute approximate surface area is 313 Å².